The van der Waals surface area contributed by atoms with E-state index in [1.807, 2.05) is 0 Å². The van der Waals surface area contributed by atoms with Crippen LogP contribution in [0.15, 0.2) is 48.5 Å². The molecule has 2 aromatic rings. The van der Waals surface area contributed by atoms with E-state index in [0.717, 1.165) is 17.8 Å². The van der Waals surface area contributed by atoms with Crippen molar-refractivity contribution in [3.63, 3.8) is 0 Å². The molecule has 29 heavy (non-hydrogen) atoms. The van der Waals surface area contributed by atoms with Crippen LogP contribution in [0.25, 0.3) is 11.1 Å². The van der Waals surface area contributed by atoms with Crippen LogP contribution in [0.4, 0.5) is 0 Å². The van der Waals surface area contributed by atoms with Crippen molar-refractivity contribution < 1.29 is 0 Å². The standard InChI is InChI=1S/C29H42/c1-4-5-6-7-8-24-11-15-26(16-12-24)28-19-21-29(22-20-28)27-17-13-25(14-18-27)10-9-23(2)3/h11-12,15-16,19-23,25,27H,4-10,13-14,17-18H2,1-3H3. The van der Waals surface area contributed by atoms with Crippen molar-refractivity contribution >= 4 is 0 Å². The largest absolute Gasteiger partial charge is 0.0654 e. The van der Waals surface area contributed by atoms with Crippen LogP contribution in [-0.2, 0) is 6.42 Å². The SMILES string of the molecule is CCCCCCc1ccc(-c2ccc(C3CCC(CCC(C)C)CC3)cc2)cc1. The Morgan fingerprint density at radius 1 is 0.759 bits per heavy atom. The smallest absolute Gasteiger partial charge is 0.0162 e. The number of aryl methyl sites for hydroxylation is 1. The number of hydrogen-bond acceptors (Lipinski definition) is 0. The first-order valence-electron chi connectivity index (χ1n) is 12.3. The minimum atomic E-state index is 0.782. The van der Waals surface area contributed by atoms with Gasteiger partial charge < -0.3 is 0 Å². The van der Waals surface area contributed by atoms with Crippen LogP contribution >= 0.6 is 0 Å². The first kappa shape index (κ1) is 22.1. The van der Waals surface area contributed by atoms with Gasteiger partial charge in [0.2, 0.25) is 0 Å². The Labute approximate surface area is 180 Å². The number of unbranched alkanes of at least 4 members (excludes halogenated alkanes) is 3. The maximum Gasteiger partial charge on any atom is -0.0162 e. The highest BCUT2D eigenvalue weighted by molar-refractivity contribution is 5.64. The molecule has 0 unspecified atom stereocenters. The molecule has 0 spiro atoms. The number of rotatable bonds is 10. The predicted octanol–water partition coefficient (Wildman–Crippen LogP) is 9.19. The van der Waals surface area contributed by atoms with Crippen molar-refractivity contribution in [1.82, 2.24) is 0 Å². The third kappa shape index (κ3) is 7.02. The van der Waals surface area contributed by atoms with E-state index in [-0.39, 0.29) is 0 Å². The molecule has 0 nitrogen and oxygen atoms in total. The fourth-order valence-electron chi connectivity index (χ4n) is 4.92. The van der Waals surface area contributed by atoms with Gasteiger partial charge in [-0.1, -0.05) is 101 Å². The highest BCUT2D eigenvalue weighted by Crippen LogP contribution is 2.38. The lowest BCUT2D eigenvalue weighted by atomic mass is 9.76. The molecule has 1 saturated carbocycles. The first-order chi connectivity index (χ1) is 14.2. The monoisotopic (exact) mass is 390 g/mol. The highest BCUT2D eigenvalue weighted by Gasteiger charge is 2.22. The minimum Gasteiger partial charge on any atom is -0.0654 e. The van der Waals surface area contributed by atoms with E-state index in [2.05, 4.69) is 69.3 Å². The van der Waals surface area contributed by atoms with Gasteiger partial charge in [0.05, 0.1) is 0 Å². The zero-order chi connectivity index (χ0) is 20.5. The zero-order valence-corrected chi connectivity index (χ0v) is 19.1. The van der Waals surface area contributed by atoms with Crippen molar-refractivity contribution in [2.24, 2.45) is 11.8 Å². The summed E-state index contributed by atoms with van der Waals surface area (Å²) in [6, 6.07) is 18.8. The van der Waals surface area contributed by atoms with Crippen molar-refractivity contribution in [1.29, 1.82) is 0 Å². The lowest BCUT2D eigenvalue weighted by Crippen LogP contribution is -2.14. The van der Waals surface area contributed by atoms with Crippen LogP contribution in [0.2, 0.25) is 0 Å². The van der Waals surface area contributed by atoms with Gasteiger partial charge in [0, 0.05) is 0 Å². The molecular formula is C29H42. The van der Waals surface area contributed by atoms with Crippen LogP contribution in [0.5, 0.6) is 0 Å². The van der Waals surface area contributed by atoms with Gasteiger partial charge in [-0.3, -0.25) is 0 Å². The Hall–Kier alpha value is -1.56. The summed E-state index contributed by atoms with van der Waals surface area (Å²) in [6.45, 7) is 6.99. The van der Waals surface area contributed by atoms with Gasteiger partial charge in [0.1, 0.15) is 0 Å². The fraction of sp³-hybridized carbons (Fsp3) is 0.586. The van der Waals surface area contributed by atoms with Gasteiger partial charge in [-0.25, -0.2) is 0 Å². The second-order valence-corrected chi connectivity index (χ2v) is 9.82. The summed E-state index contributed by atoms with van der Waals surface area (Å²) in [4.78, 5) is 0. The molecule has 0 heterocycles. The van der Waals surface area contributed by atoms with Gasteiger partial charge in [-0.05, 0) is 78.5 Å². The Bertz CT molecular complexity index is 684. The lowest BCUT2D eigenvalue weighted by Gasteiger charge is -2.29. The van der Waals surface area contributed by atoms with E-state index >= 15 is 0 Å². The maximum absolute atomic E-state index is 2.40. The average Bonchev–Trinajstić information content (AvgIpc) is 2.76. The molecule has 0 aromatic heterocycles. The van der Waals surface area contributed by atoms with E-state index in [1.54, 1.807) is 5.56 Å². The van der Waals surface area contributed by atoms with E-state index in [0.29, 0.717) is 0 Å². The van der Waals surface area contributed by atoms with Crippen LogP contribution in [-0.4, -0.2) is 0 Å². The van der Waals surface area contributed by atoms with Gasteiger partial charge >= 0.3 is 0 Å². The summed E-state index contributed by atoms with van der Waals surface area (Å²) in [6.07, 6.45) is 15.1. The summed E-state index contributed by atoms with van der Waals surface area (Å²) in [5.41, 5.74) is 5.75. The normalized spacial score (nSPS) is 19.6. The summed E-state index contributed by atoms with van der Waals surface area (Å²) in [7, 11) is 0. The van der Waals surface area contributed by atoms with Crippen LogP contribution in [0, 0.1) is 11.8 Å². The van der Waals surface area contributed by atoms with Gasteiger partial charge in [0.25, 0.3) is 0 Å². The molecule has 0 atom stereocenters. The zero-order valence-electron chi connectivity index (χ0n) is 19.1. The summed E-state index contributed by atoms with van der Waals surface area (Å²) in [5, 5.41) is 0. The van der Waals surface area contributed by atoms with Crippen LogP contribution in [0.1, 0.15) is 102 Å². The Morgan fingerprint density at radius 3 is 1.97 bits per heavy atom. The molecule has 0 amide bonds. The molecule has 1 aliphatic rings. The van der Waals surface area contributed by atoms with E-state index in [4.69, 9.17) is 0 Å². The van der Waals surface area contributed by atoms with E-state index < -0.39 is 0 Å². The molecule has 158 valence electrons. The summed E-state index contributed by atoms with van der Waals surface area (Å²) >= 11 is 0. The van der Waals surface area contributed by atoms with Crippen molar-refractivity contribution in [2.75, 3.05) is 0 Å². The highest BCUT2D eigenvalue weighted by atomic mass is 14.3. The van der Waals surface area contributed by atoms with Crippen LogP contribution < -0.4 is 0 Å². The molecular weight excluding hydrogens is 348 g/mol. The fourth-order valence-corrected chi connectivity index (χ4v) is 4.92. The molecule has 0 N–H and O–H groups in total. The van der Waals surface area contributed by atoms with Gasteiger partial charge in [0.15, 0.2) is 0 Å². The van der Waals surface area contributed by atoms with Crippen molar-refractivity contribution in [2.45, 2.75) is 97.3 Å². The molecule has 0 heteroatoms. The molecule has 0 radical (unpaired) electrons. The minimum absolute atomic E-state index is 0.782. The quantitative estimate of drug-likeness (QED) is 0.355. The molecule has 1 fully saturated rings. The average molecular weight is 391 g/mol. The summed E-state index contributed by atoms with van der Waals surface area (Å²) < 4.78 is 0. The third-order valence-electron chi connectivity index (χ3n) is 6.99. The molecule has 3 rings (SSSR count). The predicted molar refractivity (Wildman–Crippen MR) is 128 cm³/mol. The maximum atomic E-state index is 2.40. The summed E-state index contributed by atoms with van der Waals surface area (Å²) in [5.74, 6) is 2.62. The van der Waals surface area contributed by atoms with Crippen molar-refractivity contribution in [3.05, 3.63) is 59.7 Å². The van der Waals surface area contributed by atoms with Crippen molar-refractivity contribution in [3.8, 4) is 11.1 Å². The Balaban J connectivity index is 1.50. The first-order valence-corrected chi connectivity index (χ1v) is 12.3. The van der Waals surface area contributed by atoms with Gasteiger partial charge in [-0.15, -0.1) is 0 Å². The number of hydrogen-bond donors (Lipinski definition) is 0. The van der Waals surface area contributed by atoms with E-state index in [9.17, 15) is 0 Å². The molecule has 2 aromatic carbocycles. The van der Waals surface area contributed by atoms with Crippen LogP contribution in [0.3, 0.4) is 0 Å². The molecule has 0 bridgehead atoms. The van der Waals surface area contributed by atoms with E-state index in [1.165, 1.54) is 87.3 Å². The van der Waals surface area contributed by atoms with Gasteiger partial charge in [-0.2, -0.15) is 0 Å². The topological polar surface area (TPSA) is 0 Å². The Morgan fingerprint density at radius 2 is 1.38 bits per heavy atom. The second-order valence-electron chi connectivity index (χ2n) is 9.82. The molecule has 0 aliphatic heterocycles. The second kappa shape index (κ2) is 11.6. The number of benzene rings is 2. The lowest BCUT2D eigenvalue weighted by molar-refractivity contribution is 0.293. The molecule has 1 aliphatic carbocycles. The molecule has 0 saturated heterocycles. The Kier molecular flexibility index (Phi) is 8.84. The third-order valence-corrected chi connectivity index (χ3v) is 6.99.